The molecule has 0 unspecified atom stereocenters. The number of aromatic hydroxyl groups is 1. The number of nitrogens with one attached hydrogen (secondary N) is 1. The highest BCUT2D eigenvalue weighted by Crippen LogP contribution is 2.21. The Hall–Kier alpha value is -1.73. The van der Waals surface area contributed by atoms with Gasteiger partial charge in [0.2, 0.25) is 0 Å². The molecule has 0 aliphatic heterocycles. The summed E-state index contributed by atoms with van der Waals surface area (Å²) in [6, 6.07) is 7.27. The van der Waals surface area contributed by atoms with E-state index in [0.717, 1.165) is 37.9 Å². The van der Waals surface area contributed by atoms with Gasteiger partial charge in [0.1, 0.15) is 5.75 Å². The van der Waals surface area contributed by atoms with Crippen molar-refractivity contribution in [2.24, 2.45) is 0 Å². The first kappa shape index (κ1) is 14.3. The van der Waals surface area contributed by atoms with Crippen LogP contribution in [-0.4, -0.2) is 16.8 Å². The van der Waals surface area contributed by atoms with Gasteiger partial charge in [-0.3, -0.25) is 0 Å². The van der Waals surface area contributed by atoms with Crippen LogP contribution in [0.15, 0.2) is 18.2 Å². The summed E-state index contributed by atoms with van der Waals surface area (Å²) >= 11 is 0. The van der Waals surface area contributed by atoms with Crippen LogP contribution in [0.25, 0.3) is 0 Å². The van der Waals surface area contributed by atoms with Gasteiger partial charge in [0.05, 0.1) is 12.7 Å². The molecule has 0 heterocycles. The van der Waals surface area contributed by atoms with Crippen molar-refractivity contribution >= 4 is 5.69 Å². The molecule has 0 spiro atoms. The van der Waals surface area contributed by atoms with Gasteiger partial charge in [-0.25, -0.2) is 0 Å². The van der Waals surface area contributed by atoms with E-state index in [1.54, 1.807) is 18.2 Å². The fourth-order valence-corrected chi connectivity index (χ4v) is 1.74. The molecule has 0 amide bonds. The molecule has 0 bridgehead atoms. The molecule has 98 valence electrons. The predicted molar refractivity (Wildman–Crippen MR) is 71.2 cm³/mol. The highest BCUT2D eigenvalue weighted by Gasteiger charge is 2.00. The summed E-state index contributed by atoms with van der Waals surface area (Å²) in [7, 11) is 0. The SMILES string of the molecule is N#CCCCCCCNc1ccc(O)c(CO)c1. The summed E-state index contributed by atoms with van der Waals surface area (Å²) in [6.45, 7) is 0.706. The lowest BCUT2D eigenvalue weighted by Crippen LogP contribution is -2.02. The highest BCUT2D eigenvalue weighted by atomic mass is 16.3. The first-order valence-corrected chi connectivity index (χ1v) is 6.31. The number of hydrogen-bond acceptors (Lipinski definition) is 4. The van der Waals surface area contributed by atoms with Gasteiger partial charge in [-0.1, -0.05) is 12.8 Å². The Kier molecular flexibility index (Phi) is 6.67. The standard InChI is InChI=1S/C14H20N2O2/c15-8-4-2-1-3-5-9-16-13-6-7-14(18)12(10-13)11-17/h6-7,10,16-18H,1-5,9,11H2. The van der Waals surface area contributed by atoms with Crippen molar-refractivity contribution in [3.63, 3.8) is 0 Å². The van der Waals surface area contributed by atoms with E-state index < -0.39 is 0 Å². The van der Waals surface area contributed by atoms with Crippen LogP contribution in [-0.2, 0) is 6.61 Å². The molecule has 1 aromatic carbocycles. The summed E-state index contributed by atoms with van der Waals surface area (Å²) in [6.07, 6.45) is 4.88. The van der Waals surface area contributed by atoms with E-state index in [9.17, 15) is 5.11 Å². The third kappa shape index (κ3) is 5.07. The lowest BCUT2D eigenvalue weighted by molar-refractivity contribution is 0.275. The third-order valence-electron chi connectivity index (χ3n) is 2.79. The number of phenols is 1. The average molecular weight is 248 g/mol. The normalized spacial score (nSPS) is 10.0. The number of benzene rings is 1. The molecule has 18 heavy (non-hydrogen) atoms. The quantitative estimate of drug-likeness (QED) is 0.488. The van der Waals surface area contributed by atoms with Crippen molar-refractivity contribution in [1.82, 2.24) is 0 Å². The first-order valence-electron chi connectivity index (χ1n) is 6.31. The Balaban J connectivity index is 2.21. The zero-order valence-corrected chi connectivity index (χ0v) is 10.5. The van der Waals surface area contributed by atoms with Crippen LogP contribution in [0.1, 0.15) is 37.7 Å². The second-order valence-electron chi connectivity index (χ2n) is 4.25. The number of hydrogen-bond donors (Lipinski definition) is 3. The molecule has 0 saturated carbocycles. The Morgan fingerprint density at radius 2 is 1.94 bits per heavy atom. The predicted octanol–water partition coefficient (Wildman–Crippen LogP) is 2.77. The average Bonchev–Trinajstić information content (AvgIpc) is 2.39. The minimum Gasteiger partial charge on any atom is -0.508 e. The fourth-order valence-electron chi connectivity index (χ4n) is 1.74. The zero-order valence-electron chi connectivity index (χ0n) is 10.5. The number of aliphatic hydroxyl groups is 1. The highest BCUT2D eigenvalue weighted by molar-refractivity contribution is 5.50. The summed E-state index contributed by atoms with van der Waals surface area (Å²) in [5.41, 5.74) is 1.45. The summed E-state index contributed by atoms with van der Waals surface area (Å²) in [4.78, 5) is 0. The van der Waals surface area contributed by atoms with Crippen LogP contribution < -0.4 is 5.32 Å². The van der Waals surface area contributed by atoms with Crippen LogP contribution >= 0.6 is 0 Å². The topological polar surface area (TPSA) is 76.3 Å². The number of aliphatic hydroxyl groups excluding tert-OH is 1. The Morgan fingerprint density at radius 1 is 1.17 bits per heavy atom. The maximum atomic E-state index is 9.41. The number of nitriles is 1. The van der Waals surface area contributed by atoms with Gasteiger partial charge in [-0.05, 0) is 31.0 Å². The lowest BCUT2D eigenvalue weighted by atomic mass is 10.1. The van der Waals surface area contributed by atoms with Crippen molar-refractivity contribution in [2.45, 2.75) is 38.7 Å². The molecule has 1 rings (SSSR count). The van der Waals surface area contributed by atoms with E-state index in [4.69, 9.17) is 10.4 Å². The van der Waals surface area contributed by atoms with E-state index in [1.165, 1.54) is 0 Å². The van der Waals surface area contributed by atoms with Gasteiger partial charge in [0.25, 0.3) is 0 Å². The first-order chi connectivity index (χ1) is 8.77. The van der Waals surface area contributed by atoms with E-state index in [1.807, 2.05) is 0 Å². The molecule has 0 atom stereocenters. The molecule has 1 aromatic rings. The molecule has 0 radical (unpaired) electrons. The number of rotatable bonds is 8. The van der Waals surface area contributed by atoms with Crippen LogP contribution in [0.2, 0.25) is 0 Å². The summed E-state index contributed by atoms with van der Waals surface area (Å²) in [5, 5.41) is 30.1. The molecular weight excluding hydrogens is 228 g/mol. The number of anilines is 1. The van der Waals surface area contributed by atoms with Gasteiger partial charge in [0.15, 0.2) is 0 Å². The van der Waals surface area contributed by atoms with Gasteiger partial charge in [-0.2, -0.15) is 5.26 Å². The summed E-state index contributed by atoms with van der Waals surface area (Å²) in [5.74, 6) is 0.125. The van der Waals surface area contributed by atoms with Crippen molar-refractivity contribution in [3.8, 4) is 11.8 Å². The molecule has 0 aliphatic carbocycles. The van der Waals surface area contributed by atoms with Crippen molar-refractivity contribution in [3.05, 3.63) is 23.8 Å². The van der Waals surface area contributed by atoms with Gasteiger partial charge in [-0.15, -0.1) is 0 Å². The molecule has 0 fully saturated rings. The van der Waals surface area contributed by atoms with E-state index in [0.29, 0.717) is 12.0 Å². The second-order valence-corrected chi connectivity index (χ2v) is 4.25. The van der Waals surface area contributed by atoms with Crippen LogP contribution in [0, 0.1) is 11.3 Å². The Morgan fingerprint density at radius 3 is 2.67 bits per heavy atom. The third-order valence-corrected chi connectivity index (χ3v) is 2.79. The fraction of sp³-hybridized carbons (Fsp3) is 0.500. The van der Waals surface area contributed by atoms with Gasteiger partial charge in [0, 0.05) is 24.2 Å². The zero-order chi connectivity index (χ0) is 13.2. The van der Waals surface area contributed by atoms with E-state index >= 15 is 0 Å². The van der Waals surface area contributed by atoms with Crippen molar-refractivity contribution in [2.75, 3.05) is 11.9 Å². The smallest absolute Gasteiger partial charge is 0.121 e. The monoisotopic (exact) mass is 248 g/mol. The van der Waals surface area contributed by atoms with Crippen LogP contribution in [0.4, 0.5) is 5.69 Å². The molecule has 3 N–H and O–H groups in total. The van der Waals surface area contributed by atoms with Crippen molar-refractivity contribution in [1.29, 1.82) is 5.26 Å². The van der Waals surface area contributed by atoms with E-state index in [-0.39, 0.29) is 12.4 Å². The second kappa shape index (κ2) is 8.37. The van der Waals surface area contributed by atoms with Crippen LogP contribution in [0.3, 0.4) is 0 Å². The lowest BCUT2D eigenvalue weighted by Gasteiger charge is -2.08. The maximum absolute atomic E-state index is 9.41. The number of nitrogens with zero attached hydrogens (tertiary/aromatic N) is 1. The van der Waals surface area contributed by atoms with Gasteiger partial charge >= 0.3 is 0 Å². The minimum atomic E-state index is -0.157. The molecule has 4 heteroatoms. The van der Waals surface area contributed by atoms with Crippen LogP contribution in [0.5, 0.6) is 5.75 Å². The molecular formula is C14H20N2O2. The Bertz CT molecular complexity index is 399. The molecule has 0 aromatic heterocycles. The van der Waals surface area contributed by atoms with Gasteiger partial charge < -0.3 is 15.5 Å². The van der Waals surface area contributed by atoms with E-state index in [2.05, 4.69) is 11.4 Å². The molecule has 4 nitrogen and oxygen atoms in total. The maximum Gasteiger partial charge on any atom is 0.121 e. The van der Waals surface area contributed by atoms with Crippen molar-refractivity contribution < 1.29 is 10.2 Å². The largest absolute Gasteiger partial charge is 0.508 e. The molecule has 0 aliphatic rings. The Labute approximate surface area is 108 Å². The molecule has 0 saturated heterocycles. The number of unbranched alkanes of at least 4 members (excludes halogenated alkanes) is 4. The summed E-state index contributed by atoms with van der Waals surface area (Å²) < 4.78 is 0. The minimum absolute atomic E-state index is 0.125.